The van der Waals surface area contributed by atoms with E-state index in [1.165, 1.54) is 7.11 Å². The number of hydrogen-bond acceptors (Lipinski definition) is 2. The summed E-state index contributed by atoms with van der Waals surface area (Å²) >= 11 is 0. The third kappa shape index (κ3) is 1.93. The van der Waals surface area contributed by atoms with E-state index in [2.05, 4.69) is 11.3 Å². The van der Waals surface area contributed by atoms with Crippen LogP contribution >= 0.6 is 0 Å². The quantitative estimate of drug-likeness (QED) is 0.453. The predicted octanol–water partition coefficient (Wildman–Crippen LogP) is 1.54. The molecular weight excluding hydrogens is 140 g/mol. The van der Waals surface area contributed by atoms with Crippen molar-refractivity contribution < 1.29 is 9.53 Å². The normalized spacial score (nSPS) is 28.5. The van der Waals surface area contributed by atoms with E-state index in [0.717, 1.165) is 6.42 Å². The molecule has 11 heavy (non-hydrogen) atoms. The lowest BCUT2D eigenvalue weighted by atomic mass is 10.3. The summed E-state index contributed by atoms with van der Waals surface area (Å²) < 4.78 is 4.59. The van der Waals surface area contributed by atoms with Crippen molar-refractivity contribution in [2.24, 2.45) is 11.8 Å². The number of ether oxygens (including phenoxy) is 1. The molecule has 0 aromatic rings. The molecule has 2 nitrogen and oxygen atoms in total. The van der Waals surface area contributed by atoms with Crippen LogP contribution in [0.1, 0.15) is 6.42 Å². The topological polar surface area (TPSA) is 26.3 Å². The number of methoxy groups -OCH3 is 1. The van der Waals surface area contributed by atoms with Crippen molar-refractivity contribution in [1.29, 1.82) is 0 Å². The minimum atomic E-state index is -0.0938. The fraction of sp³-hybridized carbons (Fsp3) is 0.444. The van der Waals surface area contributed by atoms with Crippen molar-refractivity contribution in [2.75, 3.05) is 7.11 Å². The second kappa shape index (κ2) is 3.37. The highest BCUT2D eigenvalue weighted by atomic mass is 16.5. The molecule has 0 heterocycles. The van der Waals surface area contributed by atoms with Gasteiger partial charge in [0.15, 0.2) is 0 Å². The average molecular weight is 152 g/mol. The predicted molar refractivity (Wildman–Crippen MR) is 43.0 cm³/mol. The Hall–Kier alpha value is -1.05. The van der Waals surface area contributed by atoms with E-state index in [1.807, 2.05) is 12.2 Å². The van der Waals surface area contributed by atoms with Crippen LogP contribution in [-0.2, 0) is 9.53 Å². The SMILES string of the molecule is C=C/C=C/[C@H]1C[C@H]1C(=O)OC. The van der Waals surface area contributed by atoms with E-state index in [1.54, 1.807) is 6.08 Å². The molecule has 1 saturated carbocycles. The maximum Gasteiger partial charge on any atom is 0.309 e. The monoisotopic (exact) mass is 152 g/mol. The summed E-state index contributed by atoms with van der Waals surface area (Å²) in [6.07, 6.45) is 6.51. The highest BCUT2D eigenvalue weighted by Crippen LogP contribution is 2.40. The molecule has 0 amide bonds. The molecule has 0 aromatic carbocycles. The number of esters is 1. The maximum atomic E-state index is 10.9. The van der Waals surface area contributed by atoms with Gasteiger partial charge in [-0.05, 0) is 12.3 Å². The molecule has 0 spiro atoms. The van der Waals surface area contributed by atoms with Gasteiger partial charge in [-0.2, -0.15) is 0 Å². The van der Waals surface area contributed by atoms with Crippen LogP contribution < -0.4 is 0 Å². The van der Waals surface area contributed by atoms with E-state index >= 15 is 0 Å². The summed E-state index contributed by atoms with van der Waals surface area (Å²) in [5, 5.41) is 0. The molecule has 0 bridgehead atoms. The summed E-state index contributed by atoms with van der Waals surface area (Å²) in [5.41, 5.74) is 0. The summed E-state index contributed by atoms with van der Waals surface area (Å²) in [6, 6.07) is 0. The highest BCUT2D eigenvalue weighted by Gasteiger charge is 2.41. The Labute approximate surface area is 66.5 Å². The molecule has 0 radical (unpaired) electrons. The largest absolute Gasteiger partial charge is 0.469 e. The van der Waals surface area contributed by atoms with Gasteiger partial charge in [-0.25, -0.2) is 0 Å². The van der Waals surface area contributed by atoms with Crippen LogP contribution in [0, 0.1) is 11.8 Å². The molecule has 1 aliphatic carbocycles. The summed E-state index contributed by atoms with van der Waals surface area (Å²) in [6.45, 7) is 3.55. The molecule has 2 atom stereocenters. The van der Waals surface area contributed by atoms with Crippen molar-refractivity contribution in [3.63, 3.8) is 0 Å². The Morgan fingerprint density at radius 1 is 1.73 bits per heavy atom. The number of hydrogen-bond donors (Lipinski definition) is 0. The Morgan fingerprint density at radius 2 is 2.45 bits per heavy atom. The second-order valence-electron chi connectivity index (χ2n) is 2.65. The standard InChI is InChI=1S/C9H12O2/c1-3-4-5-7-6-8(7)9(10)11-2/h3-5,7-8H,1,6H2,2H3/b5-4+/t7-,8+/m0/s1. The van der Waals surface area contributed by atoms with Crippen LogP contribution in [0.5, 0.6) is 0 Å². The molecule has 0 unspecified atom stereocenters. The van der Waals surface area contributed by atoms with Gasteiger partial charge < -0.3 is 4.74 Å². The Kier molecular flexibility index (Phi) is 2.47. The van der Waals surface area contributed by atoms with Crippen LogP contribution in [0.3, 0.4) is 0 Å². The van der Waals surface area contributed by atoms with Crippen molar-refractivity contribution in [3.8, 4) is 0 Å². The molecule has 0 aliphatic heterocycles. The zero-order chi connectivity index (χ0) is 8.27. The first-order valence-electron chi connectivity index (χ1n) is 3.66. The van der Waals surface area contributed by atoms with Gasteiger partial charge in [0.1, 0.15) is 0 Å². The molecule has 1 fully saturated rings. The van der Waals surface area contributed by atoms with Crippen molar-refractivity contribution in [3.05, 3.63) is 24.8 Å². The fourth-order valence-corrected chi connectivity index (χ4v) is 1.07. The maximum absolute atomic E-state index is 10.9. The third-order valence-corrected chi connectivity index (χ3v) is 1.84. The molecule has 60 valence electrons. The Morgan fingerprint density at radius 3 is 3.00 bits per heavy atom. The molecule has 0 aromatic heterocycles. The molecule has 0 saturated heterocycles. The van der Waals surface area contributed by atoms with E-state index in [0.29, 0.717) is 5.92 Å². The van der Waals surface area contributed by atoms with Crippen LogP contribution in [-0.4, -0.2) is 13.1 Å². The molecular formula is C9H12O2. The minimum absolute atomic E-state index is 0.0938. The molecule has 1 rings (SSSR count). The van der Waals surface area contributed by atoms with Gasteiger partial charge in [-0.1, -0.05) is 24.8 Å². The summed E-state index contributed by atoms with van der Waals surface area (Å²) in [4.78, 5) is 10.9. The van der Waals surface area contributed by atoms with Crippen LogP contribution in [0.25, 0.3) is 0 Å². The lowest BCUT2D eigenvalue weighted by molar-refractivity contribution is -0.142. The van der Waals surface area contributed by atoms with Gasteiger partial charge in [0, 0.05) is 0 Å². The first-order chi connectivity index (χ1) is 5.29. The Balaban J connectivity index is 2.31. The molecule has 0 N–H and O–H groups in total. The van der Waals surface area contributed by atoms with Gasteiger partial charge in [-0.3, -0.25) is 4.79 Å². The first kappa shape index (κ1) is 8.05. The second-order valence-corrected chi connectivity index (χ2v) is 2.65. The third-order valence-electron chi connectivity index (χ3n) is 1.84. The number of carbonyl (C=O) groups is 1. The first-order valence-corrected chi connectivity index (χ1v) is 3.66. The lowest BCUT2D eigenvalue weighted by Gasteiger charge is -1.92. The van der Waals surface area contributed by atoms with Gasteiger partial charge in [0.05, 0.1) is 13.0 Å². The smallest absolute Gasteiger partial charge is 0.309 e. The van der Waals surface area contributed by atoms with Gasteiger partial charge in [-0.15, -0.1) is 0 Å². The van der Waals surface area contributed by atoms with E-state index in [4.69, 9.17) is 0 Å². The summed E-state index contributed by atoms with van der Waals surface area (Å²) in [5.74, 6) is 0.403. The van der Waals surface area contributed by atoms with Crippen LogP contribution in [0.15, 0.2) is 24.8 Å². The van der Waals surface area contributed by atoms with Crippen molar-refractivity contribution >= 4 is 5.97 Å². The zero-order valence-electron chi connectivity index (χ0n) is 6.62. The van der Waals surface area contributed by atoms with Gasteiger partial charge >= 0.3 is 5.97 Å². The van der Waals surface area contributed by atoms with Crippen LogP contribution in [0.4, 0.5) is 0 Å². The zero-order valence-corrected chi connectivity index (χ0v) is 6.62. The number of rotatable bonds is 3. The minimum Gasteiger partial charge on any atom is -0.469 e. The molecule has 2 heteroatoms. The fourth-order valence-electron chi connectivity index (χ4n) is 1.07. The van der Waals surface area contributed by atoms with E-state index < -0.39 is 0 Å². The number of carbonyl (C=O) groups excluding carboxylic acids is 1. The summed E-state index contributed by atoms with van der Waals surface area (Å²) in [7, 11) is 1.43. The average Bonchev–Trinajstić information content (AvgIpc) is 2.78. The Bertz CT molecular complexity index is 194. The van der Waals surface area contributed by atoms with Crippen molar-refractivity contribution in [2.45, 2.75) is 6.42 Å². The van der Waals surface area contributed by atoms with E-state index in [9.17, 15) is 4.79 Å². The van der Waals surface area contributed by atoms with E-state index in [-0.39, 0.29) is 11.9 Å². The number of allylic oxidation sites excluding steroid dienone is 3. The van der Waals surface area contributed by atoms with Gasteiger partial charge in [0.2, 0.25) is 0 Å². The molecule has 1 aliphatic rings. The lowest BCUT2D eigenvalue weighted by Crippen LogP contribution is -2.03. The highest BCUT2D eigenvalue weighted by molar-refractivity contribution is 5.76. The van der Waals surface area contributed by atoms with Crippen LogP contribution in [0.2, 0.25) is 0 Å². The van der Waals surface area contributed by atoms with Crippen molar-refractivity contribution in [1.82, 2.24) is 0 Å². The van der Waals surface area contributed by atoms with Gasteiger partial charge in [0.25, 0.3) is 0 Å².